The Morgan fingerprint density at radius 2 is 1.96 bits per heavy atom. The van der Waals surface area contributed by atoms with Gasteiger partial charge in [0.25, 0.3) is 5.91 Å². The predicted octanol–water partition coefficient (Wildman–Crippen LogP) is 4.16. The predicted molar refractivity (Wildman–Crippen MR) is 101 cm³/mol. The van der Waals surface area contributed by atoms with Gasteiger partial charge in [0.1, 0.15) is 0 Å². The van der Waals surface area contributed by atoms with E-state index in [0.29, 0.717) is 28.6 Å². The lowest BCUT2D eigenvalue weighted by Gasteiger charge is -2.30. The molecule has 138 valence electrons. The zero-order valence-corrected chi connectivity index (χ0v) is 16.1. The van der Waals surface area contributed by atoms with E-state index >= 15 is 0 Å². The maximum absolute atomic E-state index is 13.3. The molecule has 2 aliphatic rings. The number of anilines is 1. The van der Waals surface area contributed by atoms with Gasteiger partial charge in [-0.2, -0.15) is 0 Å². The zero-order valence-electron chi connectivity index (χ0n) is 15.4. The zero-order chi connectivity index (χ0) is 17.8. The molecule has 1 aromatic rings. The van der Waals surface area contributed by atoms with Crippen LogP contribution in [0.4, 0.5) is 5.95 Å². The summed E-state index contributed by atoms with van der Waals surface area (Å²) < 4.78 is 0. The molecule has 6 heteroatoms. The topological polar surface area (TPSA) is 49.3 Å². The van der Waals surface area contributed by atoms with E-state index < -0.39 is 0 Å². The average molecular weight is 365 g/mol. The molecule has 2 fully saturated rings. The number of carbonyl (C=O) groups excluding carboxylic acids is 1. The minimum atomic E-state index is -0.0274. The standard InChI is InChI=1S/C19H29ClN4O/c1-14(2)9-12-24(15-7-3-4-8-15)18(25)17-16(20)13-21-19(22-17)23-10-5-6-11-23/h13-15H,3-12H2,1-2H3. The minimum Gasteiger partial charge on any atom is -0.341 e. The molecule has 0 atom stereocenters. The van der Waals surface area contributed by atoms with Crippen molar-refractivity contribution in [2.45, 2.75) is 64.8 Å². The first-order chi connectivity index (χ1) is 12.1. The van der Waals surface area contributed by atoms with Crippen molar-refractivity contribution in [3.05, 3.63) is 16.9 Å². The van der Waals surface area contributed by atoms with Gasteiger partial charge in [0, 0.05) is 25.7 Å². The van der Waals surface area contributed by atoms with Gasteiger partial charge < -0.3 is 9.80 Å². The monoisotopic (exact) mass is 364 g/mol. The van der Waals surface area contributed by atoms with E-state index in [2.05, 4.69) is 28.7 Å². The molecule has 0 unspecified atom stereocenters. The van der Waals surface area contributed by atoms with Gasteiger partial charge in [0.15, 0.2) is 5.69 Å². The third-order valence-corrected chi connectivity index (χ3v) is 5.57. The van der Waals surface area contributed by atoms with E-state index in [9.17, 15) is 4.79 Å². The number of carbonyl (C=O) groups is 1. The van der Waals surface area contributed by atoms with Crippen molar-refractivity contribution in [3.63, 3.8) is 0 Å². The van der Waals surface area contributed by atoms with Crippen LogP contribution in [0.15, 0.2) is 6.20 Å². The molecule has 1 amide bonds. The molecule has 3 rings (SSSR count). The van der Waals surface area contributed by atoms with Gasteiger partial charge >= 0.3 is 0 Å². The third kappa shape index (κ3) is 4.43. The number of nitrogens with zero attached hydrogens (tertiary/aromatic N) is 4. The highest BCUT2D eigenvalue weighted by molar-refractivity contribution is 6.33. The van der Waals surface area contributed by atoms with E-state index in [0.717, 1.165) is 51.7 Å². The van der Waals surface area contributed by atoms with Crippen LogP contribution >= 0.6 is 11.6 Å². The fourth-order valence-corrected chi connectivity index (χ4v) is 3.95. The average Bonchev–Trinajstić information content (AvgIpc) is 3.29. The Hall–Kier alpha value is -1.36. The van der Waals surface area contributed by atoms with Crippen LogP contribution in [0.2, 0.25) is 5.02 Å². The maximum atomic E-state index is 13.3. The summed E-state index contributed by atoms with van der Waals surface area (Å²) in [5.41, 5.74) is 0.370. The van der Waals surface area contributed by atoms with Crippen molar-refractivity contribution in [3.8, 4) is 0 Å². The Morgan fingerprint density at radius 3 is 2.60 bits per heavy atom. The summed E-state index contributed by atoms with van der Waals surface area (Å²) in [4.78, 5) is 26.3. The van der Waals surface area contributed by atoms with Crippen LogP contribution in [0.25, 0.3) is 0 Å². The van der Waals surface area contributed by atoms with Crippen LogP contribution in [0, 0.1) is 5.92 Å². The smallest absolute Gasteiger partial charge is 0.274 e. The normalized spacial score (nSPS) is 18.3. The van der Waals surface area contributed by atoms with Crippen LogP contribution in [0.5, 0.6) is 0 Å². The van der Waals surface area contributed by atoms with Crippen molar-refractivity contribution in [1.82, 2.24) is 14.9 Å². The lowest BCUT2D eigenvalue weighted by atomic mass is 10.1. The number of hydrogen-bond donors (Lipinski definition) is 0. The van der Waals surface area contributed by atoms with Crippen LogP contribution in [0.1, 0.15) is 69.3 Å². The van der Waals surface area contributed by atoms with E-state index in [4.69, 9.17) is 11.6 Å². The van der Waals surface area contributed by atoms with E-state index in [1.165, 1.54) is 12.8 Å². The molecule has 0 spiro atoms. The molecule has 1 aliphatic carbocycles. The molecule has 2 heterocycles. The highest BCUT2D eigenvalue weighted by Crippen LogP contribution is 2.27. The highest BCUT2D eigenvalue weighted by Gasteiger charge is 2.30. The summed E-state index contributed by atoms with van der Waals surface area (Å²) in [6.45, 7) is 7.07. The van der Waals surface area contributed by atoms with Crippen molar-refractivity contribution in [2.24, 2.45) is 5.92 Å². The van der Waals surface area contributed by atoms with Crippen LogP contribution < -0.4 is 4.90 Å². The number of rotatable bonds is 6. The lowest BCUT2D eigenvalue weighted by molar-refractivity contribution is 0.0666. The minimum absolute atomic E-state index is 0.0274. The molecule has 25 heavy (non-hydrogen) atoms. The van der Waals surface area contributed by atoms with Gasteiger partial charge in [-0.15, -0.1) is 0 Å². The fraction of sp³-hybridized carbons (Fsp3) is 0.737. The fourth-order valence-electron chi connectivity index (χ4n) is 3.78. The summed E-state index contributed by atoms with van der Waals surface area (Å²) in [6.07, 6.45) is 9.47. The maximum Gasteiger partial charge on any atom is 0.274 e. The van der Waals surface area contributed by atoms with Crippen molar-refractivity contribution < 1.29 is 4.79 Å². The van der Waals surface area contributed by atoms with Gasteiger partial charge in [-0.05, 0) is 38.0 Å². The first-order valence-electron chi connectivity index (χ1n) is 9.64. The molecule has 1 saturated heterocycles. The molecule has 0 bridgehead atoms. The Labute approximate surface area is 155 Å². The van der Waals surface area contributed by atoms with Gasteiger partial charge in [0.2, 0.25) is 5.95 Å². The second kappa shape index (κ2) is 8.35. The molecule has 1 aliphatic heterocycles. The summed E-state index contributed by atoms with van der Waals surface area (Å²) in [5.74, 6) is 1.18. The van der Waals surface area contributed by atoms with Crippen molar-refractivity contribution in [1.29, 1.82) is 0 Å². The summed E-state index contributed by atoms with van der Waals surface area (Å²) in [7, 11) is 0. The third-order valence-electron chi connectivity index (χ3n) is 5.30. The number of amides is 1. The van der Waals surface area contributed by atoms with Crippen LogP contribution in [0.3, 0.4) is 0 Å². The summed E-state index contributed by atoms with van der Waals surface area (Å²) in [5, 5.41) is 0.362. The van der Waals surface area contributed by atoms with E-state index in [1.807, 2.05) is 4.90 Å². The SMILES string of the molecule is CC(C)CCN(C(=O)c1nc(N2CCCC2)ncc1Cl)C1CCCC1. The van der Waals surface area contributed by atoms with Crippen molar-refractivity contribution in [2.75, 3.05) is 24.5 Å². The van der Waals surface area contributed by atoms with Gasteiger partial charge in [0.05, 0.1) is 11.2 Å². The molecular formula is C19H29ClN4O. The van der Waals surface area contributed by atoms with Crippen LogP contribution in [-0.4, -0.2) is 46.5 Å². The highest BCUT2D eigenvalue weighted by atomic mass is 35.5. The lowest BCUT2D eigenvalue weighted by Crippen LogP contribution is -2.40. The molecular weight excluding hydrogens is 336 g/mol. The second-order valence-electron chi connectivity index (χ2n) is 7.68. The molecule has 1 saturated carbocycles. The number of hydrogen-bond acceptors (Lipinski definition) is 4. The van der Waals surface area contributed by atoms with Crippen LogP contribution in [-0.2, 0) is 0 Å². The molecule has 0 radical (unpaired) electrons. The second-order valence-corrected chi connectivity index (χ2v) is 8.09. The Kier molecular flexibility index (Phi) is 6.15. The number of aromatic nitrogens is 2. The number of halogens is 1. The summed E-state index contributed by atoms with van der Waals surface area (Å²) >= 11 is 6.32. The van der Waals surface area contributed by atoms with Gasteiger partial charge in [-0.25, -0.2) is 9.97 Å². The summed E-state index contributed by atoms with van der Waals surface area (Å²) in [6, 6.07) is 0.326. The van der Waals surface area contributed by atoms with E-state index in [-0.39, 0.29) is 5.91 Å². The van der Waals surface area contributed by atoms with E-state index in [1.54, 1.807) is 6.20 Å². The Morgan fingerprint density at radius 1 is 1.28 bits per heavy atom. The first kappa shape index (κ1) is 18.4. The quantitative estimate of drug-likeness (QED) is 0.760. The molecule has 5 nitrogen and oxygen atoms in total. The molecule has 0 aromatic carbocycles. The molecule has 1 aromatic heterocycles. The molecule has 0 N–H and O–H groups in total. The van der Waals surface area contributed by atoms with Gasteiger partial charge in [-0.1, -0.05) is 38.3 Å². The first-order valence-corrected chi connectivity index (χ1v) is 10.0. The van der Waals surface area contributed by atoms with Gasteiger partial charge in [-0.3, -0.25) is 4.79 Å². The Balaban J connectivity index is 1.83. The van der Waals surface area contributed by atoms with Crippen molar-refractivity contribution >= 4 is 23.5 Å². The Bertz CT molecular complexity index is 595. The largest absolute Gasteiger partial charge is 0.341 e.